The average molecular weight is 1780 g/mol. The van der Waals surface area contributed by atoms with Gasteiger partial charge in [0.15, 0.2) is 0 Å². The molecule has 0 aliphatic rings. The zero-order chi connectivity index (χ0) is 93.3. The molecule has 0 saturated carbocycles. The van der Waals surface area contributed by atoms with E-state index < -0.39 is 0 Å². The fraction of sp³-hybridized carbons (Fsp3) is 0.0226. The maximum Gasteiger partial charge on any atom is 0.0468 e. The van der Waals surface area contributed by atoms with Gasteiger partial charge in [0.1, 0.15) is 0 Å². The molecule has 6 nitrogen and oxygen atoms in total. The smallest absolute Gasteiger partial charge is 0.0468 e. The van der Waals surface area contributed by atoms with Crippen LogP contribution in [0, 0.1) is 0 Å². The van der Waals surface area contributed by atoms with Gasteiger partial charge in [0.05, 0.1) is 0 Å². The maximum absolute atomic E-state index is 2.35. The van der Waals surface area contributed by atoms with Crippen LogP contribution in [-0.4, -0.2) is 21.1 Å². The molecule has 0 aromatic heterocycles. The molecule has 0 radical (unpaired) electrons. The Kier molecular flexibility index (Phi) is 24.4. The molecular weight excluding hydrogens is 1680 g/mol. The van der Waals surface area contributed by atoms with Crippen LogP contribution >= 0.6 is 0 Å². The molecule has 24 rings (SSSR count). The SMILES string of the molecule is CN(c1ccc(-c2ccc(N(c3ccc4ccccc4c3)c3ccc4ccccc4c3)cc2)cc1)c1ccc2ccccc2c1.CN(c1ccc(-c2ccc(N(c3ccc4ccccc4c3)c3ccc4ccccc4c3)cc2)cc1)c1cccc(-c2ccccc2)c1.CN(c1ccc(-c2ccccc2)cc1)c1ccc(-c2ccc(N(c3ccc4ccccc4c3)c3ccc4ccccc4c3)cc2)cc1. The van der Waals surface area contributed by atoms with Gasteiger partial charge in [0.25, 0.3) is 0 Å². The van der Waals surface area contributed by atoms with E-state index in [-0.39, 0.29) is 0 Å². The summed E-state index contributed by atoms with van der Waals surface area (Å²) in [6.07, 6.45) is 0. The minimum absolute atomic E-state index is 1.12. The zero-order valence-corrected chi connectivity index (χ0v) is 77.7. The van der Waals surface area contributed by atoms with Crippen molar-refractivity contribution in [2.24, 2.45) is 0 Å². The third kappa shape index (κ3) is 18.8. The first-order chi connectivity index (χ1) is 68.6. The molecule has 0 amide bonds. The molecule has 0 spiro atoms. The fourth-order valence-electron chi connectivity index (χ4n) is 19.1. The Morgan fingerprint density at radius 2 is 0.245 bits per heavy atom. The van der Waals surface area contributed by atoms with Crippen molar-refractivity contribution in [2.75, 3.05) is 50.5 Å². The minimum atomic E-state index is 1.12. The summed E-state index contributed by atoms with van der Waals surface area (Å²) in [5.74, 6) is 0. The van der Waals surface area contributed by atoms with Crippen molar-refractivity contribution < 1.29 is 0 Å². The zero-order valence-electron chi connectivity index (χ0n) is 77.7. The summed E-state index contributed by atoms with van der Waals surface area (Å²) in [6.45, 7) is 0. The topological polar surface area (TPSA) is 19.4 Å². The van der Waals surface area contributed by atoms with Crippen molar-refractivity contribution >= 4 is 161 Å². The molecule has 0 fully saturated rings. The first-order valence-electron chi connectivity index (χ1n) is 47.5. The van der Waals surface area contributed by atoms with Crippen molar-refractivity contribution in [1.29, 1.82) is 0 Å². The highest BCUT2D eigenvalue weighted by Gasteiger charge is 2.21. The van der Waals surface area contributed by atoms with Crippen LogP contribution in [0.1, 0.15) is 0 Å². The van der Waals surface area contributed by atoms with Crippen molar-refractivity contribution in [2.45, 2.75) is 0 Å². The molecule has 139 heavy (non-hydrogen) atoms. The van der Waals surface area contributed by atoms with Gasteiger partial charge in [-0.2, -0.15) is 0 Å². The van der Waals surface area contributed by atoms with E-state index in [0.717, 1.165) is 79.6 Å². The van der Waals surface area contributed by atoms with Gasteiger partial charge in [-0.25, -0.2) is 0 Å². The summed E-state index contributed by atoms with van der Waals surface area (Å²) in [6, 6.07) is 198. The van der Waals surface area contributed by atoms with E-state index in [1.807, 2.05) is 0 Å². The standard InChI is InChI=1S/2C45H34N2.C43H32N2/c1-46(43-17-9-16-40(30-43)33-10-3-2-4-11-33)41-24-18-36(19-25-41)37-20-26-42(27-21-37)47(44-28-22-34-12-5-7-14-38(34)31-44)45-29-23-35-13-6-8-15-39(35)32-45;1-46(41-23-15-36(16-24-41)33-9-3-2-4-10-33)42-25-17-37(18-26-42)38-19-27-43(28-20-38)47(44-29-21-34-11-5-7-13-39(34)31-44)45-30-22-35-12-6-8-14-40(35)32-45;1-44(41-25-18-31-8-2-5-11-36(31)28-41)39-21-14-34(15-22-39)35-16-23-40(24-17-35)45(42-26-19-32-9-3-6-12-37(32)29-42)43-27-20-33-10-4-7-13-38(33)30-43/h2*2-32H,1H3;2-30H,1H3. The van der Waals surface area contributed by atoms with Crippen LogP contribution in [0.5, 0.6) is 0 Å². The molecule has 6 heteroatoms. The van der Waals surface area contributed by atoms with E-state index >= 15 is 0 Å². The van der Waals surface area contributed by atoms with E-state index in [9.17, 15) is 0 Å². The van der Waals surface area contributed by atoms with Gasteiger partial charge in [-0.05, 0) is 313 Å². The highest BCUT2D eigenvalue weighted by Crippen LogP contribution is 2.45. The van der Waals surface area contributed by atoms with Gasteiger partial charge in [-0.15, -0.1) is 0 Å². The molecular formula is C133H100N6. The van der Waals surface area contributed by atoms with Crippen LogP contribution in [-0.2, 0) is 0 Å². The Hall–Kier alpha value is -18.1. The Morgan fingerprint density at radius 1 is 0.0935 bits per heavy atom. The molecule has 0 aliphatic carbocycles. The van der Waals surface area contributed by atoms with Crippen LogP contribution in [0.4, 0.5) is 85.3 Å². The van der Waals surface area contributed by atoms with Gasteiger partial charge in [0.2, 0.25) is 0 Å². The molecule has 0 bridgehead atoms. The number of benzene rings is 24. The summed E-state index contributed by atoms with van der Waals surface area (Å²) < 4.78 is 0. The predicted molar refractivity (Wildman–Crippen MR) is 597 cm³/mol. The Morgan fingerprint density at radius 3 is 0.475 bits per heavy atom. The number of hydrogen-bond donors (Lipinski definition) is 0. The monoisotopic (exact) mass is 1780 g/mol. The van der Waals surface area contributed by atoms with Crippen LogP contribution in [0.15, 0.2) is 552 Å². The highest BCUT2D eigenvalue weighted by atomic mass is 15.2. The molecule has 0 heterocycles. The maximum atomic E-state index is 2.35. The van der Waals surface area contributed by atoms with Crippen LogP contribution < -0.4 is 29.4 Å². The molecule has 662 valence electrons. The van der Waals surface area contributed by atoms with Crippen molar-refractivity contribution in [3.8, 4) is 55.6 Å². The number of anilines is 15. The third-order valence-electron chi connectivity index (χ3n) is 26.9. The number of nitrogens with zero attached hydrogens (tertiary/aromatic N) is 6. The van der Waals surface area contributed by atoms with Crippen LogP contribution in [0.3, 0.4) is 0 Å². The molecule has 0 N–H and O–H groups in total. The van der Waals surface area contributed by atoms with Crippen molar-refractivity contribution in [1.82, 2.24) is 0 Å². The summed E-state index contributed by atoms with van der Waals surface area (Å²) in [5.41, 5.74) is 29.2. The average Bonchev–Trinajstić information content (AvgIpc) is 0.784. The van der Waals surface area contributed by atoms with E-state index in [1.54, 1.807) is 0 Å². The van der Waals surface area contributed by atoms with E-state index in [1.165, 1.54) is 137 Å². The van der Waals surface area contributed by atoms with E-state index in [4.69, 9.17) is 0 Å². The van der Waals surface area contributed by atoms with Crippen LogP contribution in [0.2, 0.25) is 0 Å². The first kappa shape index (κ1) is 86.3. The third-order valence-corrected chi connectivity index (χ3v) is 26.9. The molecule has 24 aromatic rings. The van der Waals surface area contributed by atoms with Gasteiger partial charge in [-0.1, -0.05) is 370 Å². The first-order valence-corrected chi connectivity index (χ1v) is 47.5. The lowest BCUT2D eigenvalue weighted by Crippen LogP contribution is -2.10. The molecule has 0 atom stereocenters. The Balaban J connectivity index is 0.000000120. The molecule has 0 saturated heterocycles. The number of hydrogen-bond acceptors (Lipinski definition) is 6. The van der Waals surface area contributed by atoms with E-state index in [0.29, 0.717) is 0 Å². The van der Waals surface area contributed by atoms with Gasteiger partial charge < -0.3 is 29.4 Å². The minimum Gasteiger partial charge on any atom is -0.345 e. The second kappa shape index (κ2) is 39.2. The quantitative estimate of drug-likeness (QED) is 0.0752. The predicted octanol–water partition coefficient (Wildman–Crippen LogP) is 37.2. The number of rotatable bonds is 20. The lowest BCUT2D eigenvalue weighted by atomic mass is 10.0. The normalized spacial score (nSPS) is 11.1. The summed E-state index contributed by atoms with van der Waals surface area (Å²) >= 11 is 0. The Bertz CT molecular complexity index is 8220. The van der Waals surface area contributed by atoms with Gasteiger partial charge in [0, 0.05) is 106 Å². The van der Waals surface area contributed by atoms with Crippen molar-refractivity contribution in [3.63, 3.8) is 0 Å². The van der Waals surface area contributed by atoms with Gasteiger partial charge in [-0.3, -0.25) is 0 Å². The largest absolute Gasteiger partial charge is 0.345 e. The fourth-order valence-corrected chi connectivity index (χ4v) is 19.1. The lowest BCUT2D eigenvalue weighted by Gasteiger charge is -2.26. The molecule has 0 aliphatic heterocycles. The summed E-state index contributed by atoms with van der Waals surface area (Å²) in [7, 11) is 6.37. The molecule has 24 aromatic carbocycles. The highest BCUT2D eigenvalue weighted by molar-refractivity contribution is 5.98. The number of fused-ring (bicyclic) bond motifs is 7. The second-order valence-corrected chi connectivity index (χ2v) is 35.5. The molecule has 0 unspecified atom stereocenters. The van der Waals surface area contributed by atoms with E-state index in [2.05, 4.69) is 603 Å². The van der Waals surface area contributed by atoms with Gasteiger partial charge >= 0.3 is 0 Å². The Labute approximate surface area is 813 Å². The second-order valence-electron chi connectivity index (χ2n) is 35.5. The van der Waals surface area contributed by atoms with Crippen molar-refractivity contribution in [3.05, 3.63) is 552 Å². The summed E-state index contributed by atoms with van der Waals surface area (Å²) in [5, 5.41) is 17.3. The lowest BCUT2D eigenvalue weighted by molar-refractivity contribution is 1.21. The van der Waals surface area contributed by atoms with Crippen LogP contribution in [0.25, 0.3) is 131 Å². The summed E-state index contributed by atoms with van der Waals surface area (Å²) in [4.78, 5) is 13.8.